The van der Waals surface area contributed by atoms with Crippen molar-refractivity contribution in [2.24, 2.45) is 0 Å². The van der Waals surface area contributed by atoms with Gasteiger partial charge in [0.25, 0.3) is 0 Å². The molecule has 0 unspecified atom stereocenters. The third-order valence-electron chi connectivity index (χ3n) is 2.26. The predicted octanol–water partition coefficient (Wildman–Crippen LogP) is 3.50. The molecule has 4 heteroatoms. The highest BCUT2D eigenvalue weighted by Gasteiger charge is 2.01. The van der Waals surface area contributed by atoms with Gasteiger partial charge in [0.05, 0.1) is 0 Å². The molecule has 1 aromatic rings. The quantitative estimate of drug-likeness (QED) is 0.824. The first-order valence-electron chi connectivity index (χ1n) is 6.38. The van der Waals surface area contributed by atoms with E-state index >= 15 is 0 Å². The zero-order valence-electron chi connectivity index (χ0n) is 12.3. The summed E-state index contributed by atoms with van der Waals surface area (Å²) in [6.45, 7) is 7.45. The fourth-order valence-electron chi connectivity index (χ4n) is 1.52. The standard InChI is InChI=1S/C16H20N2O2/c1-11(2)9-15(19)17-13-5-7-14(8-6-13)18-16(20)10-12(3)4/h5-10H,1-4H3,(H,17,19)(H,18,20). The van der Waals surface area contributed by atoms with E-state index in [-0.39, 0.29) is 11.8 Å². The molecule has 0 radical (unpaired) electrons. The number of carbonyl (C=O) groups excluding carboxylic acids is 2. The number of allylic oxidation sites excluding steroid dienone is 2. The Bertz CT molecular complexity index is 495. The average molecular weight is 272 g/mol. The van der Waals surface area contributed by atoms with Gasteiger partial charge in [0.1, 0.15) is 0 Å². The lowest BCUT2D eigenvalue weighted by Crippen LogP contribution is -2.10. The number of benzene rings is 1. The van der Waals surface area contributed by atoms with Gasteiger partial charge in [-0.25, -0.2) is 0 Å². The van der Waals surface area contributed by atoms with Crippen molar-refractivity contribution < 1.29 is 9.59 Å². The van der Waals surface area contributed by atoms with Crippen LogP contribution in [0.15, 0.2) is 47.6 Å². The lowest BCUT2D eigenvalue weighted by molar-refractivity contribution is -0.112. The molecule has 4 nitrogen and oxygen atoms in total. The lowest BCUT2D eigenvalue weighted by atomic mass is 10.2. The first kappa shape index (κ1) is 15.7. The molecule has 0 heterocycles. The highest BCUT2D eigenvalue weighted by molar-refractivity contribution is 6.01. The zero-order valence-corrected chi connectivity index (χ0v) is 12.3. The van der Waals surface area contributed by atoms with Crippen molar-refractivity contribution in [2.75, 3.05) is 10.6 Å². The van der Waals surface area contributed by atoms with E-state index in [0.717, 1.165) is 11.1 Å². The van der Waals surface area contributed by atoms with Crippen molar-refractivity contribution in [1.82, 2.24) is 0 Å². The third kappa shape index (κ3) is 6.00. The summed E-state index contributed by atoms with van der Waals surface area (Å²) in [7, 11) is 0. The summed E-state index contributed by atoms with van der Waals surface area (Å²) in [6.07, 6.45) is 3.06. The predicted molar refractivity (Wildman–Crippen MR) is 82.6 cm³/mol. The van der Waals surface area contributed by atoms with E-state index in [1.807, 2.05) is 27.7 Å². The van der Waals surface area contributed by atoms with E-state index in [2.05, 4.69) is 10.6 Å². The molecular formula is C16H20N2O2. The van der Waals surface area contributed by atoms with Crippen LogP contribution < -0.4 is 10.6 Å². The molecule has 1 aromatic carbocycles. The Morgan fingerprint density at radius 3 is 1.30 bits per heavy atom. The monoisotopic (exact) mass is 272 g/mol. The Morgan fingerprint density at radius 1 is 0.750 bits per heavy atom. The van der Waals surface area contributed by atoms with Crippen LogP contribution in [0.1, 0.15) is 27.7 Å². The summed E-state index contributed by atoms with van der Waals surface area (Å²) < 4.78 is 0. The van der Waals surface area contributed by atoms with Gasteiger partial charge in [-0.15, -0.1) is 0 Å². The molecule has 106 valence electrons. The molecule has 1 rings (SSSR count). The highest BCUT2D eigenvalue weighted by Crippen LogP contribution is 2.14. The maximum Gasteiger partial charge on any atom is 0.248 e. The summed E-state index contributed by atoms with van der Waals surface area (Å²) in [5, 5.41) is 5.49. The third-order valence-corrected chi connectivity index (χ3v) is 2.26. The van der Waals surface area contributed by atoms with Gasteiger partial charge in [-0.3, -0.25) is 9.59 Å². The second kappa shape index (κ2) is 7.28. The number of hydrogen-bond donors (Lipinski definition) is 2. The normalized spacial score (nSPS) is 9.40. The Kier molecular flexibility index (Phi) is 5.72. The summed E-state index contributed by atoms with van der Waals surface area (Å²) >= 11 is 0. The molecule has 20 heavy (non-hydrogen) atoms. The number of hydrogen-bond acceptors (Lipinski definition) is 2. The molecule has 0 atom stereocenters. The number of carbonyl (C=O) groups is 2. The van der Waals surface area contributed by atoms with E-state index in [1.54, 1.807) is 24.3 Å². The second-order valence-electron chi connectivity index (χ2n) is 5.00. The SMILES string of the molecule is CC(C)=CC(=O)Nc1ccc(NC(=O)C=C(C)C)cc1. The molecule has 2 N–H and O–H groups in total. The van der Waals surface area contributed by atoms with E-state index in [0.29, 0.717) is 11.4 Å². The summed E-state index contributed by atoms with van der Waals surface area (Å²) in [5.74, 6) is -0.322. The molecule has 0 saturated heterocycles. The minimum absolute atomic E-state index is 0.161. The average Bonchev–Trinajstić information content (AvgIpc) is 2.29. The van der Waals surface area contributed by atoms with Crippen LogP contribution in [-0.4, -0.2) is 11.8 Å². The smallest absolute Gasteiger partial charge is 0.248 e. The van der Waals surface area contributed by atoms with Gasteiger partial charge < -0.3 is 10.6 Å². The van der Waals surface area contributed by atoms with Crippen molar-refractivity contribution in [3.8, 4) is 0 Å². The molecule has 0 spiro atoms. The van der Waals surface area contributed by atoms with Gasteiger partial charge in [-0.2, -0.15) is 0 Å². The number of amides is 2. The Balaban J connectivity index is 2.65. The topological polar surface area (TPSA) is 58.2 Å². The Hall–Kier alpha value is -2.36. The van der Waals surface area contributed by atoms with Crippen LogP contribution in [0.5, 0.6) is 0 Å². The van der Waals surface area contributed by atoms with Crippen molar-refractivity contribution in [3.63, 3.8) is 0 Å². The van der Waals surface area contributed by atoms with Crippen LogP contribution in [0.25, 0.3) is 0 Å². The van der Waals surface area contributed by atoms with Crippen molar-refractivity contribution >= 4 is 23.2 Å². The molecule has 0 bridgehead atoms. The van der Waals surface area contributed by atoms with Crippen molar-refractivity contribution in [1.29, 1.82) is 0 Å². The fraction of sp³-hybridized carbons (Fsp3) is 0.250. The summed E-state index contributed by atoms with van der Waals surface area (Å²) in [6, 6.07) is 6.98. The van der Waals surface area contributed by atoms with Gasteiger partial charge in [0.2, 0.25) is 11.8 Å². The van der Waals surface area contributed by atoms with E-state index in [9.17, 15) is 9.59 Å². The van der Waals surface area contributed by atoms with Crippen molar-refractivity contribution in [2.45, 2.75) is 27.7 Å². The minimum Gasteiger partial charge on any atom is -0.323 e. The molecule has 0 fully saturated rings. The van der Waals surface area contributed by atoms with Gasteiger partial charge in [0, 0.05) is 23.5 Å². The molecule has 0 aliphatic rings. The first-order valence-corrected chi connectivity index (χ1v) is 6.38. The van der Waals surface area contributed by atoms with Gasteiger partial charge in [0.15, 0.2) is 0 Å². The number of rotatable bonds is 4. The lowest BCUT2D eigenvalue weighted by Gasteiger charge is -2.06. The maximum atomic E-state index is 11.5. The van der Waals surface area contributed by atoms with Crippen LogP contribution in [0.4, 0.5) is 11.4 Å². The Morgan fingerprint density at radius 2 is 1.05 bits per heavy atom. The molecule has 0 saturated carbocycles. The minimum atomic E-state index is -0.161. The highest BCUT2D eigenvalue weighted by atomic mass is 16.2. The van der Waals surface area contributed by atoms with E-state index in [4.69, 9.17) is 0 Å². The zero-order chi connectivity index (χ0) is 15.1. The van der Waals surface area contributed by atoms with Crippen LogP contribution >= 0.6 is 0 Å². The van der Waals surface area contributed by atoms with Gasteiger partial charge >= 0.3 is 0 Å². The molecule has 0 aliphatic carbocycles. The van der Waals surface area contributed by atoms with E-state index in [1.165, 1.54) is 12.2 Å². The second-order valence-corrected chi connectivity index (χ2v) is 5.00. The number of nitrogens with one attached hydrogen (secondary N) is 2. The van der Waals surface area contributed by atoms with Crippen LogP contribution in [0.2, 0.25) is 0 Å². The van der Waals surface area contributed by atoms with Crippen LogP contribution in [0, 0.1) is 0 Å². The fourth-order valence-corrected chi connectivity index (χ4v) is 1.52. The van der Waals surface area contributed by atoms with Gasteiger partial charge in [-0.05, 0) is 52.0 Å². The molecule has 0 aliphatic heterocycles. The van der Waals surface area contributed by atoms with Gasteiger partial charge in [-0.1, -0.05) is 11.1 Å². The maximum absolute atomic E-state index is 11.5. The van der Waals surface area contributed by atoms with E-state index < -0.39 is 0 Å². The first-order chi connectivity index (χ1) is 9.36. The summed E-state index contributed by atoms with van der Waals surface area (Å²) in [5.41, 5.74) is 3.25. The van der Waals surface area contributed by atoms with Crippen LogP contribution in [0.3, 0.4) is 0 Å². The largest absolute Gasteiger partial charge is 0.323 e. The summed E-state index contributed by atoms with van der Waals surface area (Å²) in [4.78, 5) is 23.1. The molecule has 2 amide bonds. The molecular weight excluding hydrogens is 252 g/mol. The van der Waals surface area contributed by atoms with Crippen molar-refractivity contribution in [3.05, 3.63) is 47.6 Å². The molecule has 0 aromatic heterocycles. The van der Waals surface area contributed by atoms with Crippen LogP contribution in [-0.2, 0) is 9.59 Å². The Labute approximate surface area is 119 Å². The number of anilines is 2.